The van der Waals surface area contributed by atoms with Crippen molar-refractivity contribution in [1.82, 2.24) is 0 Å². The lowest BCUT2D eigenvalue weighted by Gasteiger charge is -2.18. The van der Waals surface area contributed by atoms with Gasteiger partial charge in [-0.15, -0.1) is 0 Å². The summed E-state index contributed by atoms with van der Waals surface area (Å²) in [6.07, 6.45) is 2.51. The van der Waals surface area contributed by atoms with Gasteiger partial charge in [-0.1, -0.05) is 38.1 Å². The predicted molar refractivity (Wildman–Crippen MR) is 141 cm³/mol. The van der Waals surface area contributed by atoms with E-state index in [0.717, 1.165) is 24.0 Å². The van der Waals surface area contributed by atoms with Crippen LogP contribution in [0, 0.1) is 0 Å². The van der Waals surface area contributed by atoms with Crippen LogP contribution in [0.1, 0.15) is 51.7 Å². The van der Waals surface area contributed by atoms with Crippen molar-refractivity contribution in [3.05, 3.63) is 59.7 Å². The molecule has 2 unspecified atom stereocenters. The van der Waals surface area contributed by atoms with Gasteiger partial charge in [0, 0.05) is 11.5 Å². The van der Waals surface area contributed by atoms with E-state index in [1.807, 2.05) is 76.2 Å². The van der Waals surface area contributed by atoms with E-state index in [9.17, 15) is 9.13 Å². The molecule has 2 aromatic rings. The van der Waals surface area contributed by atoms with Crippen LogP contribution < -0.4 is 9.05 Å². The van der Waals surface area contributed by atoms with E-state index >= 15 is 0 Å². The Morgan fingerprint density at radius 2 is 1.00 bits per heavy atom. The highest BCUT2D eigenvalue weighted by Crippen LogP contribution is 2.61. The van der Waals surface area contributed by atoms with Crippen LogP contribution in [0.4, 0.5) is 0 Å². The van der Waals surface area contributed by atoms with Crippen molar-refractivity contribution >= 4 is 36.4 Å². The number of hydrogen-bond donors (Lipinski definition) is 0. The normalized spacial score (nSPS) is 14.9. The molecule has 2 aromatic carbocycles. The predicted octanol–water partition coefficient (Wildman–Crippen LogP) is 8.61. The van der Waals surface area contributed by atoms with E-state index in [1.54, 1.807) is 0 Å². The molecule has 0 radical (unpaired) electrons. The van der Waals surface area contributed by atoms with Crippen LogP contribution in [0.5, 0.6) is 11.5 Å². The Morgan fingerprint density at radius 1 is 0.636 bits per heavy atom. The molecular formula is C23H34O6P2S2. The minimum atomic E-state index is -3.21. The summed E-state index contributed by atoms with van der Waals surface area (Å²) in [4.78, 5) is 0. The van der Waals surface area contributed by atoms with Gasteiger partial charge < -0.3 is 9.05 Å². The molecule has 10 heteroatoms. The second-order valence-corrected chi connectivity index (χ2v) is 15.3. The van der Waals surface area contributed by atoms with E-state index < -0.39 is 13.6 Å². The number of hydrogen-bond acceptors (Lipinski definition) is 8. The molecule has 33 heavy (non-hydrogen) atoms. The van der Waals surface area contributed by atoms with Crippen molar-refractivity contribution < 1.29 is 27.2 Å². The van der Waals surface area contributed by atoms with Crippen LogP contribution in [0.2, 0.25) is 0 Å². The average Bonchev–Trinajstić information content (AvgIpc) is 2.79. The molecule has 0 saturated heterocycles. The molecule has 0 bridgehead atoms. The van der Waals surface area contributed by atoms with E-state index in [4.69, 9.17) is 18.1 Å². The van der Waals surface area contributed by atoms with Gasteiger partial charge in [0.05, 0.1) is 13.2 Å². The highest BCUT2D eigenvalue weighted by molar-refractivity contribution is 8.55. The summed E-state index contributed by atoms with van der Waals surface area (Å²) in [5, 5.41) is 0. The Bertz CT molecular complexity index is 846. The van der Waals surface area contributed by atoms with Crippen LogP contribution in [0.15, 0.2) is 48.5 Å². The number of rotatable bonds is 16. The molecule has 0 aromatic heterocycles. The summed E-state index contributed by atoms with van der Waals surface area (Å²) in [7, 11) is 0. The first-order chi connectivity index (χ1) is 15.8. The maximum Gasteiger partial charge on any atom is 0.440 e. The van der Waals surface area contributed by atoms with E-state index in [0.29, 0.717) is 42.6 Å². The second kappa shape index (κ2) is 14.5. The van der Waals surface area contributed by atoms with Gasteiger partial charge >= 0.3 is 13.6 Å². The summed E-state index contributed by atoms with van der Waals surface area (Å²) < 4.78 is 47.8. The monoisotopic (exact) mass is 532 g/mol. The fourth-order valence-electron chi connectivity index (χ4n) is 2.73. The van der Waals surface area contributed by atoms with Crippen molar-refractivity contribution in [3.8, 4) is 11.5 Å². The fourth-order valence-corrected chi connectivity index (χ4v) is 9.65. The average molecular weight is 533 g/mol. The molecule has 0 spiro atoms. The molecule has 2 atom stereocenters. The fraction of sp³-hybridized carbons (Fsp3) is 0.478. The largest absolute Gasteiger partial charge is 0.440 e. The van der Waals surface area contributed by atoms with Gasteiger partial charge in [0.25, 0.3) is 0 Å². The van der Waals surface area contributed by atoms with E-state index in [2.05, 4.69) is 0 Å². The highest BCUT2D eigenvalue weighted by Gasteiger charge is 2.27. The zero-order chi connectivity index (χ0) is 24.2. The first kappa shape index (κ1) is 28.4. The zero-order valence-corrected chi connectivity index (χ0v) is 23.2. The summed E-state index contributed by atoms with van der Waals surface area (Å²) in [6.45, 7) is 1.93. The Labute approximate surface area is 206 Å². The minimum Gasteiger partial charge on any atom is -0.417 e. The third-order valence-electron chi connectivity index (χ3n) is 4.17. The molecule has 0 saturated carbocycles. The molecular weight excluding hydrogens is 498 g/mol. The van der Waals surface area contributed by atoms with Crippen LogP contribution in [0.25, 0.3) is 0 Å². The zero-order valence-electron chi connectivity index (χ0n) is 19.7. The summed E-state index contributed by atoms with van der Waals surface area (Å²) in [6, 6.07) is 15.1. The van der Waals surface area contributed by atoms with Crippen molar-refractivity contribution in [2.24, 2.45) is 0 Å². The summed E-state index contributed by atoms with van der Waals surface area (Å²) in [5.41, 5.74) is 2.17. The molecule has 0 aliphatic heterocycles. The number of benzene rings is 2. The second-order valence-electron chi connectivity index (χ2n) is 7.04. The summed E-state index contributed by atoms with van der Waals surface area (Å²) >= 11 is 2.46. The maximum absolute atomic E-state index is 12.8. The molecule has 0 fully saturated rings. The first-order valence-corrected chi connectivity index (χ1v) is 17.5. The van der Waals surface area contributed by atoms with Gasteiger partial charge in [-0.05, 0) is 91.3 Å². The van der Waals surface area contributed by atoms with E-state index in [-0.39, 0.29) is 0 Å². The Hall–Kier alpha value is -0.880. The maximum atomic E-state index is 12.8. The van der Waals surface area contributed by atoms with Gasteiger partial charge in [-0.25, -0.2) is 9.13 Å². The Morgan fingerprint density at radius 3 is 1.30 bits per heavy atom. The van der Waals surface area contributed by atoms with Crippen molar-refractivity contribution in [1.29, 1.82) is 0 Å². The molecule has 0 aliphatic rings. The van der Waals surface area contributed by atoms with Crippen molar-refractivity contribution in [2.75, 3.05) is 24.7 Å². The van der Waals surface area contributed by atoms with Crippen LogP contribution in [-0.2, 0) is 24.6 Å². The van der Waals surface area contributed by atoms with Crippen LogP contribution in [-0.4, -0.2) is 24.7 Å². The molecule has 2 rings (SSSR count). The Kier molecular flexibility index (Phi) is 12.5. The molecule has 184 valence electrons. The van der Waals surface area contributed by atoms with Gasteiger partial charge in [0.15, 0.2) is 0 Å². The molecule has 0 amide bonds. The quantitative estimate of drug-likeness (QED) is 0.199. The van der Waals surface area contributed by atoms with Crippen LogP contribution >= 0.6 is 36.4 Å². The molecule has 0 N–H and O–H groups in total. The lowest BCUT2D eigenvalue weighted by atomic mass is 10.1. The molecule has 0 aliphatic carbocycles. The smallest absolute Gasteiger partial charge is 0.417 e. The first-order valence-electron chi connectivity index (χ1n) is 11.2. The summed E-state index contributed by atoms with van der Waals surface area (Å²) in [5.74, 6) is 2.48. The SMILES string of the molecule is CCCSP(=O)(OCC)Oc1ccc(Cc2ccc(OP(=O)(OCC)SCCC)cc2)cc1. The standard InChI is InChI=1S/C23H34O6P2S2/c1-5-17-32-30(24,26-7-3)28-22-13-9-20(10-14-22)19-21-11-15-23(16-12-21)29-31(25,27-8-4)33-18-6-2/h9-16H,5-8,17-19H2,1-4H3. The molecule has 6 nitrogen and oxygen atoms in total. The van der Waals surface area contributed by atoms with Crippen LogP contribution in [0.3, 0.4) is 0 Å². The lowest BCUT2D eigenvalue weighted by Crippen LogP contribution is -1.97. The Balaban J connectivity index is 1.99. The van der Waals surface area contributed by atoms with Gasteiger partial charge in [-0.3, -0.25) is 9.05 Å². The molecule has 0 heterocycles. The van der Waals surface area contributed by atoms with Gasteiger partial charge in [0.2, 0.25) is 0 Å². The third kappa shape index (κ3) is 10.1. The third-order valence-corrected chi connectivity index (χ3v) is 12.1. The minimum absolute atomic E-state index is 0.336. The van der Waals surface area contributed by atoms with Gasteiger partial charge in [0.1, 0.15) is 11.5 Å². The highest BCUT2D eigenvalue weighted by atomic mass is 32.7. The van der Waals surface area contributed by atoms with E-state index in [1.165, 1.54) is 22.8 Å². The topological polar surface area (TPSA) is 71.1 Å². The van der Waals surface area contributed by atoms with Crippen molar-refractivity contribution in [3.63, 3.8) is 0 Å². The van der Waals surface area contributed by atoms with Crippen molar-refractivity contribution in [2.45, 2.75) is 47.0 Å². The van der Waals surface area contributed by atoms with Gasteiger partial charge in [-0.2, -0.15) is 0 Å². The lowest BCUT2D eigenvalue weighted by molar-refractivity contribution is 0.295.